The molecular weight excluding hydrogens is 276 g/mol. The Morgan fingerprint density at radius 2 is 2.27 bits per heavy atom. The van der Waals surface area contributed by atoms with Gasteiger partial charge in [0, 0.05) is 49.0 Å². The topological polar surface area (TPSA) is 62.6 Å². The summed E-state index contributed by atoms with van der Waals surface area (Å²) in [4.78, 5) is 7.33. The fourth-order valence-corrected chi connectivity index (χ4v) is 3.32. The molecule has 0 unspecified atom stereocenters. The summed E-state index contributed by atoms with van der Waals surface area (Å²) >= 11 is 0. The third-order valence-electron chi connectivity index (χ3n) is 4.48. The molecule has 0 spiro atoms. The van der Waals surface area contributed by atoms with E-state index in [4.69, 9.17) is 4.98 Å². The Bertz CT molecular complexity index is 760. The number of pyridine rings is 1. The quantitative estimate of drug-likeness (QED) is 0.803. The van der Waals surface area contributed by atoms with E-state index < -0.39 is 0 Å². The molecule has 4 rings (SSSR count). The maximum Gasteiger partial charge on any atom is 0.157 e. The summed E-state index contributed by atoms with van der Waals surface area (Å²) in [5, 5.41) is 12.5. The van der Waals surface area contributed by atoms with Crippen molar-refractivity contribution >= 4 is 11.0 Å². The van der Waals surface area contributed by atoms with Crippen LogP contribution >= 0.6 is 0 Å². The number of nitrogens with one attached hydrogen (secondary N) is 1. The molecule has 0 amide bonds. The van der Waals surface area contributed by atoms with Gasteiger partial charge in [0.05, 0.1) is 6.20 Å². The largest absolute Gasteiger partial charge is 0.297 e. The molecule has 1 saturated heterocycles. The van der Waals surface area contributed by atoms with Gasteiger partial charge in [-0.15, -0.1) is 0 Å². The highest BCUT2D eigenvalue weighted by Crippen LogP contribution is 2.27. The van der Waals surface area contributed by atoms with Crippen molar-refractivity contribution < 1.29 is 0 Å². The molecule has 1 fully saturated rings. The summed E-state index contributed by atoms with van der Waals surface area (Å²) in [6.07, 6.45) is 6.10. The Balaban J connectivity index is 1.54. The molecular formula is C16H20N6. The molecule has 0 radical (unpaired) electrons. The van der Waals surface area contributed by atoms with Crippen molar-refractivity contribution in [2.45, 2.75) is 25.3 Å². The predicted molar refractivity (Wildman–Crippen MR) is 84.3 cm³/mol. The van der Waals surface area contributed by atoms with Gasteiger partial charge in [0.1, 0.15) is 0 Å². The molecule has 1 aliphatic heterocycles. The van der Waals surface area contributed by atoms with Crippen LogP contribution < -0.4 is 0 Å². The number of rotatable bonds is 3. The molecule has 0 bridgehead atoms. The van der Waals surface area contributed by atoms with E-state index in [1.165, 1.54) is 24.2 Å². The van der Waals surface area contributed by atoms with Crippen LogP contribution in [0.3, 0.4) is 0 Å². The van der Waals surface area contributed by atoms with Crippen LogP contribution in [0.4, 0.5) is 0 Å². The molecule has 0 saturated carbocycles. The highest BCUT2D eigenvalue weighted by Gasteiger charge is 2.23. The fourth-order valence-electron chi connectivity index (χ4n) is 3.32. The van der Waals surface area contributed by atoms with Crippen LogP contribution in [-0.4, -0.2) is 43.0 Å². The van der Waals surface area contributed by atoms with E-state index in [1.807, 2.05) is 30.2 Å². The highest BCUT2D eigenvalue weighted by atomic mass is 15.3. The normalized spacial score (nSPS) is 19.8. The van der Waals surface area contributed by atoms with E-state index in [2.05, 4.69) is 32.3 Å². The zero-order valence-electron chi connectivity index (χ0n) is 12.7. The Morgan fingerprint density at radius 3 is 3.14 bits per heavy atom. The summed E-state index contributed by atoms with van der Waals surface area (Å²) in [6, 6.07) is 6.34. The lowest BCUT2D eigenvalue weighted by atomic mass is 9.94. The van der Waals surface area contributed by atoms with Crippen LogP contribution in [-0.2, 0) is 13.6 Å². The third kappa shape index (κ3) is 2.50. The van der Waals surface area contributed by atoms with Crippen molar-refractivity contribution in [1.29, 1.82) is 0 Å². The van der Waals surface area contributed by atoms with Gasteiger partial charge in [0.25, 0.3) is 0 Å². The molecule has 6 heteroatoms. The number of aromatic amines is 1. The summed E-state index contributed by atoms with van der Waals surface area (Å²) < 4.78 is 1.85. The van der Waals surface area contributed by atoms with E-state index in [9.17, 15) is 0 Å². The van der Waals surface area contributed by atoms with Gasteiger partial charge in [-0.2, -0.15) is 10.2 Å². The minimum absolute atomic E-state index is 0.496. The standard InChI is InChI=1S/C16H20N6/c1-21-16-12(9-18-21)4-5-15(19-16)13-3-2-8-22(10-13)11-14-6-7-17-20-14/h4-7,9,13H,2-3,8,10-11H2,1H3,(H,17,20)/t13-/m0/s1. The SMILES string of the molecule is Cn1ncc2ccc([C@H]3CCCN(Cc4ccn[nH]4)C3)nc21. The van der Waals surface area contributed by atoms with Crippen LogP contribution in [0.1, 0.15) is 30.1 Å². The maximum atomic E-state index is 4.84. The zero-order valence-corrected chi connectivity index (χ0v) is 12.7. The van der Waals surface area contributed by atoms with Crippen molar-refractivity contribution in [2.24, 2.45) is 7.05 Å². The average molecular weight is 296 g/mol. The van der Waals surface area contributed by atoms with Crippen LogP contribution in [0.2, 0.25) is 0 Å². The number of hydrogen-bond acceptors (Lipinski definition) is 4. The molecule has 1 N–H and O–H groups in total. The van der Waals surface area contributed by atoms with Crippen molar-refractivity contribution in [2.75, 3.05) is 13.1 Å². The van der Waals surface area contributed by atoms with Crippen molar-refractivity contribution in [1.82, 2.24) is 29.9 Å². The number of aromatic nitrogens is 5. The lowest BCUT2D eigenvalue weighted by Gasteiger charge is -2.32. The summed E-state index contributed by atoms with van der Waals surface area (Å²) in [6.45, 7) is 3.13. The molecule has 3 aromatic heterocycles. The molecule has 22 heavy (non-hydrogen) atoms. The van der Waals surface area contributed by atoms with Gasteiger partial charge in [-0.1, -0.05) is 0 Å². The van der Waals surface area contributed by atoms with Gasteiger partial charge in [-0.3, -0.25) is 14.7 Å². The highest BCUT2D eigenvalue weighted by molar-refractivity contribution is 5.74. The van der Waals surface area contributed by atoms with Crippen LogP contribution in [0.25, 0.3) is 11.0 Å². The van der Waals surface area contributed by atoms with E-state index in [0.29, 0.717) is 5.92 Å². The average Bonchev–Trinajstić information content (AvgIpc) is 3.18. The number of likely N-dealkylation sites (tertiary alicyclic amines) is 1. The molecule has 0 aliphatic carbocycles. The number of aryl methyl sites for hydroxylation is 1. The van der Waals surface area contributed by atoms with E-state index in [-0.39, 0.29) is 0 Å². The van der Waals surface area contributed by atoms with Gasteiger partial charge in [-0.05, 0) is 37.6 Å². The monoisotopic (exact) mass is 296 g/mol. The van der Waals surface area contributed by atoms with Crippen molar-refractivity contribution in [3.05, 3.63) is 42.0 Å². The van der Waals surface area contributed by atoms with Crippen LogP contribution in [0.15, 0.2) is 30.6 Å². The molecule has 3 aromatic rings. The zero-order chi connectivity index (χ0) is 14.9. The minimum Gasteiger partial charge on any atom is -0.297 e. The maximum absolute atomic E-state index is 4.84. The molecule has 1 aliphatic rings. The Kier molecular flexibility index (Phi) is 3.38. The Labute approximate surface area is 129 Å². The van der Waals surface area contributed by atoms with E-state index in [1.54, 1.807) is 0 Å². The fraction of sp³-hybridized carbons (Fsp3) is 0.438. The smallest absolute Gasteiger partial charge is 0.157 e. The first-order valence-electron chi connectivity index (χ1n) is 7.79. The van der Waals surface area contributed by atoms with Gasteiger partial charge < -0.3 is 0 Å². The Hall–Kier alpha value is -2.21. The molecule has 114 valence electrons. The predicted octanol–water partition coefficient (Wildman–Crippen LogP) is 2.07. The summed E-state index contributed by atoms with van der Waals surface area (Å²) in [5.74, 6) is 0.496. The first-order chi connectivity index (χ1) is 10.8. The van der Waals surface area contributed by atoms with Gasteiger partial charge in [0.15, 0.2) is 5.65 Å². The van der Waals surface area contributed by atoms with Crippen molar-refractivity contribution in [3.8, 4) is 0 Å². The second-order valence-corrected chi connectivity index (χ2v) is 6.07. The van der Waals surface area contributed by atoms with E-state index >= 15 is 0 Å². The summed E-state index contributed by atoms with van der Waals surface area (Å²) in [5.41, 5.74) is 3.34. The first kappa shape index (κ1) is 13.5. The minimum atomic E-state index is 0.496. The van der Waals surface area contributed by atoms with Crippen LogP contribution in [0, 0.1) is 0 Å². The number of H-pyrrole nitrogens is 1. The van der Waals surface area contributed by atoms with Gasteiger partial charge in [0.2, 0.25) is 0 Å². The number of nitrogens with zero attached hydrogens (tertiary/aromatic N) is 5. The second kappa shape index (κ2) is 5.53. The molecule has 4 heterocycles. The first-order valence-corrected chi connectivity index (χ1v) is 7.79. The molecule has 0 aromatic carbocycles. The lowest BCUT2D eigenvalue weighted by Crippen LogP contribution is -2.34. The van der Waals surface area contributed by atoms with Gasteiger partial charge >= 0.3 is 0 Å². The Morgan fingerprint density at radius 1 is 1.32 bits per heavy atom. The summed E-state index contributed by atoms with van der Waals surface area (Å²) in [7, 11) is 1.95. The van der Waals surface area contributed by atoms with Crippen molar-refractivity contribution in [3.63, 3.8) is 0 Å². The van der Waals surface area contributed by atoms with Gasteiger partial charge in [-0.25, -0.2) is 4.98 Å². The molecule has 1 atom stereocenters. The number of hydrogen-bond donors (Lipinski definition) is 1. The molecule has 6 nitrogen and oxygen atoms in total. The van der Waals surface area contributed by atoms with E-state index in [0.717, 1.165) is 30.7 Å². The van der Waals surface area contributed by atoms with Crippen LogP contribution in [0.5, 0.6) is 0 Å². The lowest BCUT2D eigenvalue weighted by molar-refractivity contribution is 0.196. The second-order valence-electron chi connectivity index (χ2n) is 6.07. The number of piperidine rings is 1. The third-order valence-corrected chi connectivity index (χ3v) is 4.48. The number of fused-ring (bicyclic) bond motifs is 1.